The third kappa shape index (κ3) is 6.03. The van der Waals surface area contributed by atoms with Gasteiger partial charge in [-0.1, -0.05) is 83.8 Å². The van der Waals surface area contributed by atoms with Crippen LogP contribution < -0.4 is 33.4 Å². The van der Waals surface area contributed by atoms with Crippen LogP contribution in [0.4, 0.5) is 5.69 Å². The summed E-state index contributed by atoms with van der Waals surface area (Å²) in [6.45, 7) is 6.33. The van der Waals surface area contributed by atoms with E-state index < -0.39 is 0 Å². The van der Waals surface area contributed by atoms with Crippen molar-refractivity contribution in [2.75, 3.05) is 18.6 Å². The molecule has 0 atom stereocenters. The molecule has 0 spiro atoms. The van der Waals surface area contributed by atoms with Gasteiger partial charge in [-0.25, -0.2) is 0 Å². The van der Waals surface area contributed by atoms with Crippen molar-refractivity contribution < 1.29 is 33.3 Å². The Hall–Kier alpha value is -2.55. The van der Waals surface area contributed by atoms with Crippen LogP contribution in [-0.2, 0) is 11.3 Å². The highest BCUT2D eigenvalue weighted by molar-refractivity contribution is 8.03. The van der Waals surface area contributed by atoms with Gasteiger partial charge in [0.1, 0.15) is 17.0 Å². The molecule has 1 aliphatic heterocycles. The molecule has 0 N–H and O–H groups in total. The van der Waals surface area contributed by atoms with E-state index in [2.05, 4.69) is 120 Å². The molecule has 6 heteroatoms. The number of anilines is 1. The number of aryl methyl sites for hydroxylation is 1. The minimum Gasteiger partial charge on any atom is -1.00 e. The van der Waals surface area contributed by atoms with Crippen molar-refractivity contribution in [3.05, 3.63) is 118 Å². The number of aromatic nitrogens is 1. The van der Waals surface area contributed by atoms with E-state index in [1.807, 2.05) is 23.1 Å². The Morgan fingerprint density at radius 3 is 2.50 bits per heavy atom. The van der Waals surface area contributed by atoms with Crippen LogP contribution in [0.15, 0.2) is 118 Å². The van der Waals surface area contributed by atoms with Crippen molar-refractivity contribution in [2.45, 2.75) is 38.1 Å². The minimum atomic E-state index is 0. The molecule has 3 nitrogen and oxygen atoms in total. The van der Waals surface area contributed by atoms with Crippen molar-refractivity contribution in [2.24, 2.45) is 0 Å². The van der Waals surface area contributed by atoms with E-state index in [9.17, 15) is 0 Å². The standard InChI is InChI=1S/C32H33N2OS2.HI/c1-4-33-26-16-8-10-18-28(26)36-30(33)20-12-6-14-24-22-23-25(32(24)35-3)15-7-13-21-31-34(5-2)27-17-9-11-19-29(27)37-31;/h6-21H,4-5,22-23H2,1-3H3;1H/q+1;/p-1. The number of para-hydroxylation sites is 2. The summed E-state index contributed by atoms with van der Waals surface area (Å²) in [5.41, 5.74) is 5.11. The van der Waals surface area contributed by atoms with E-state index in [0.717, 1.165) is 31.7 Å². The molecule has 2 aliphatic rings. The number of methoxy groups -OCH3 is 1. The minimum absolute atomic E-state index is 0. The van der Waals surface area contributed by atoms with Gasteiger partial charge in [0.2, 0.25) is 5.52 Å². The highest BCUT2D eigenvalue weighted by Crippen LogP contribution is 2.45. The Morgan fingerprint density at radius 1 is 0.921 bits per heavy atom. The zero-order valence-corrected chi connectivity index (χ0v) is 25.9. The molecule has 38 heavy (non-hydrogen) atoms. The highest BCUT2D eigenvalue weighted by Gasteiger charge is 2.22. The average molecular weight is 653 g/mol. The molecule has 2 aromatic carbocycles. The van der Waals surface area contributed by atoms with E-state index in [-0.39, 0.29) is 24.0 Å². The average Bonchev–Trinajstić information content (AvgIpc) is 3.60. The van der Waals surface area contributed by atoms with Crippen LogP contribution in [0.3, 0.4) is 0 Å². The molecular formula is C32H33IN2OS2. The van der Waals surface area contributed by atoms with Crippen LogP contribution in [-0.4, -0.2) is 13.7 Å². The molecule has 0 saturated heterocycles. The second-order valence-corrected chi connectivity index (χ2v) is 10.9. The number of allylic oxidation sites excluding steroid dienone is 9. The topological polar surface area (TPSA) is 16.4 Å². The number of rotatable bonds is 8. The van der Waals surface area contributed by atoms with Crippen LogP contribution in [0.1, 0.15) is 31.7 Å². The molecule has 2 heterocycles. The number of hydrogen-bond acceptors (Lipinski definition) is 4. The summed E-state index contributed by atoms with van der Waals surface area (Å²) in [5, 5.41) is 2.54. The van der Waals surface area contributed by atoms with E-state index in [4.69, 9.17) is 4.74 Å². The van der Waals surface area contributed by atoms with Gasteiger partial charge in [-0.3, -0.25) is 0 Å². The third-order valence-corrected chi connectivity index (χ3v) is 8.91. The summed E-state index contributed by atoms with van der Waals surface area (Å²) in [4.78, 5) is 3.69. The molecule has 1 aliphatic carbocycles. The third-order valence-electron chi connectivity index (χ3n) is 6.65. The number of ether oxygens (including phenoxy) is 1. The fraction of sp³-hybridized carbons (Fsp3) is 0.219. The second kappa shape index (κ2) is 13.5. The van der Waals surface area contributed by atoms with Gasteiger partial charge in [-0.2, -0.15) is 4.57 Å². The van der Waals surface area contributed by atoms with Gasteiger partial charge in [-0.05, 0) is 62.1 Å². The van der Waals surface area contributed by atoms with Crippen molar-refractivity contribution in [1.82, 2.24) is 0 Å². The molecule has 1 aromatic heterocycles. The Balaban J connectivity index is 0.00000336. The summed E-state index contributed by atoms with van der Waals surface area (Å²) >= 11 is 3.67. The van der Waals surface area contributed by atoms with E-state index in [1.165, 1.54) is 42.0 Å². The van der Waals surface area contributed by atoms with Crippen LogP contribution in [0.25, 0.3) is 16.3 Å². The summed E-state index contributed by atoms with van der Waals surface area (Å²) in [6.07, 6.45) is 19.4. The second-order valence-electron chi connectivity index (χ2n) is 8.82. The first-order valence-corrected chi connectivity index (χ1v) is 14.5. The number of halogens is 1. The monoisotopic (exact) mass is 652 g/mol. The lowest BCUT2D eigenvalue weighted by atomic mass is 10.2. The predicted molar refractivity (Wildman–Crippen MR) is 160 cm³/mol. The quantitative estimate of drug-likeness (QED) is 0.184. The van der Waals surface area contributed by atoms with Crippen molar-refractivity contribution in [3.63, 3.8) is 0 Å². The van der Waals surface area contributed by atoms with Gasteiger partial charge >= 0.3 is 0 Å². The molecule has 0 amide bonds. The molecule has 0 radical (unpaired) electrons. The Labute approximate surface area is 251 Å². The number of fused-ring (bicyclic) bond motifs is 2. The van der Waals surface area contributed by atoms with Gasteiger partial charge in [0.25, 0.3) is 5.01 Å². The molecule has 0 saturated carbocycles. The van der Waals surface area contributed by atoms with Crippen molar-refractivity contribution >= 4 is 45.1 Å². The summed E-state index contributed by atoms with van der Waals surface area (Å²) in [6, 6.07) is 17.2. The molecule has 5 rings (SSSR count). The van der Waals surface area contributed by atoms with Gasteiger partial charge in [0.05, 0.1) is 17.8 Å². The van der Waals surface area contributed by atoms with Gasteiger partial charge in [-0.15, -0.1) is 0 Å². The number of thiazole rings is 1. The molecule has 3 aromatic rings. The SMILES string of the molecule is CCN1/C(=C/C=C/C=C2\CCC(/C=C/C=C/c3sc4ccccc4[n+]3CC)=C2OC)Sc2ccccc21.[I-]. The first-order valence-electron chi connectivity index (χ1n) is 12.9. The van der Waals surface area contributed by atoms with Crippen molar-refractivity contribution in [1.29, 1.82) is 0 Å². The fourth-order valence-corrected chi connectivity index (χ4v) is 7.19. The van der Waals surface area contributed by atoms with Crippen molar-refractivity contribution in [3.8, 4) is 0 Å². The highest BCUT2D eigenvalue weighted by atomic mass is 127. The van der Waals surface area contributed by atoms with Crippen LogP contribution >= 0.6 is 23.1 Å². The van der Waals surface area contributed by atoms with Gasteiger partial charge in [0.15, 0.2) is 0 Å². The molecule has 196 valence electrons. The van der Waals surface area contributed by atoms with Crippen LogP contribution in [0, 0.1) is 0 Å². The van der Waals surface area contributed by atoms with Crippen LogP contribution in [0.5, 0.6) is 0 Å². The van der Waals surface area contributed by atoms with E-state index in [1.54, 1.807) is 7.11 Å². The maximum atomic E-state index is 5.81. The largest absolute Gasteiger partial charge is 1.00 e. The smallest absolute Gasteiger partial charge is 0.262 e. The number of hydrogen-bond donors (Lipinski definition) is 0. The summed E-state index contributed by atoms with van der Waals surface area (Å²) in [5.74, 6) is 1.00. The van der Waals surface area contributed by atoms with Gasteiger partial charge < -0.3 is 33.6 Å². The Kier molecular flexibility index (Phi) is 10.1. The maximum Gasteiger partial charge on any atom is 0.262 e. The molecule has 0 bridgehead atoms. The summed E-state index contributed by atoms with van der Waals surface area (Å²) in [7, 11) is 1.77. The number of thioether (sulfide) groups is 1. The lowest BCUT2D eigenvalue weighted by Gasteiger charge is -2.17. The fourth-order valence-electron chi connectivity index (χ4n) is 4.91. The van der Waals surface area contributed by atoms with E-state index >= 15 is 0 Å². The van der Waals surface area contributed by atoms with Crippen LogP contribution in [0.2, 0.25) is 0 Å². The van der Waals surface area contributed by atoms with Gasteiger partial charge in [0, 0.05) is 23.6 Å². The first kappa shape index (κ1) is 28.5. The molecular weight excluding hydrogens is 619 g/mol. The number of nitrogens with zero attached hydrogens (tertiary/aromatic N) is 2. The zero-order valence-electron chi connectivity index (χ0n) is 22.1. The number of benzene rings is 2. The molecule has 0 fully saturated rings. The summed E-state index contributed by atoms with van der Waals surface area (Å²) < 4.78 is 9.50. The Bertz CT molecular complexity index is 1480. The lowest BCUT2D eigenvalue weighted by molar-refractivity contribution is -0.665. The normalized spacial score (nSPS) is 17.7. The molecule has 0 unspecified atom stereocenters. The zero-order chi connectivity index (χ0) is 25.6. The van der Waals surface area contributed by atoms with E-state index in [0.29, 0.717) is 0 Å². The predicted octanol–water partition coefficient (Wildman–Crippen LogP) is 5.43. The Morgan fingerprint density at radius 2 is 1.68 bits per heavy atom. The lowest BCUT2D eigenvalue weighted by Crippen LogP contribution is -3.00. The first-order chi connectivity index (χ1) is 18.2. The maximum absolute atomic E-state index is 5.81.